The van der Waals surface area contributed by atoms with Gasteiger partial charge in [-0.1, -0.05) is 18.2 Å². The lowest BCUT2D eigenvalue weighted by Gasteiger charge is -2.29. The molecule has 2 rings (SSSR count). The van der Waals surface area contributed by atoms with Crippen molar-refractivity contribution in [3.05, 3.63) is 29.8 Å². The molecule has 0 atom stereocenters. The number of fused-ring (bicyclic) bond motifs is 1. The summed E-state index contributed by atoms with van der Waals surface area (Å²) in [6.07, 6.45) is 0. The van der Waals surface area contributed by atoms with Crippen molar-refractivity contribution in [3.63, 3.8) is 0 Å². The average molecular weight is 234 g/mol. The fourth-order valence-corrected chi connectivity index (χ4v) is 1.93. The first-order valence-corrected chi connectivity index (χ1v) is 6.24. The highest BCUT2D eigenvalue weighted by Crippen LogP contribution is 2.22. The molecule has 0 radical (unpaired) electrons. The minimum Gasteiger partial charge on any atom is -0.356 e. The van der Waals surface area contributed by atoms with E-state index < -0.39 is 0 Å². The summed E-state index contributed by atoms with van der Waals surface area (Å²) in [7, 11) is 0. The summed E-state index contributed by atoms with van der Waals surface area (Å²) in [5, 5.41) is 3.43. The number of nitrogens with one attached hydrogen (secondary N) is 1. The molecule has 0 unspecified atom stereocenters. The van der Waals surface area contributed by atoms with E-state index in [2.05, 4.69) is 55.3 Å². The molecule has 3 nitrogen and oxygen atoms in total. The van der Waals surface area contributed by atoms with Crippen molar-refractivity contribution in [2.75, 3.05) is 24.7 Å². The Labute approximate surface area is 104 Å². The van der Waals surface area contributed by atoms with Crippen molar-refractivity contribution >= 4 is 5.69 Å². The van der Waals surface area contributed by atoms with Crippen molar-refractivity contribution in [1.29, 1.82) is 0 Å². The molecule has 0 fully saturated rings. The van der Waals surface area contributed by atoms with Crippen LogP contribution in [0, 0.1) is 0 Å². The van der Waals surface area contributed by atoms with Crippen molar-refractivity contribution in [2.24, 2.45) is 0 Å². The van der Waals surface area contributed by atoms with Gasteiger partial charge in [0.05, 0.1) is 5.60 Å². The third kappa shape index (κ3) is 3.45. The number of hydrogen-bond donors (Lipinski definition) is 1. The summed E-state index contributed by atoms with van der Waals surface area (Å²) in [5.74, 6) is 0. The number of hydrogen-bond acceptors (Lipinski definition) is 3. The van der Waals surface area contributed by atoms with E-state index in [-0.39, 0.29) is 5.60 Å². The summed E-state index contributed by atoms with van der Waals surface area (Å²) >= 11 is 0. The highest BCUT2D eigenvalue weighted by Gasteiger charge is 2.17. The SMILES string of the molecule is CC(C)(C)OCN1CCNCc2ccccc21. The predicted octanol–water partition coefficient (Wildman–Crippen LogP) is 2.37. The smallest absolute Gasteiger partial charge is 0.119 e. The largest absolute Gasteiger partial charge is 0.356 e. The van der Waals surface area contributed by atoms with Gasteiger partial charge in [0.15, 0.2) is 0 Å². The fraction of sp³-hybridized carbons (Fsp3) is 0.571. The Morgan fingerprint density at radius 2 is 2.06 bits per heavy atom. The Morgan fingerprint density at radius 1 is 1.29 bits per heavy atom. The van der Waals surface area contributed by atoms with Crippen LogP contribution in [0.15, 0.2) is 24.3 Å². The van der Waals surface area contributed by atoms with Gasteiger partial charge in [0.2, 0.25) is 0 Å². The van der Waals surface area contributed by atoms with Crippen LogP contribution in [0.5, 0.6) is 0 Å². The Hall–Kier alpha value is -1.06. The summed E-state index contributed by atoms with van der Waals surface area (Å²) in [5.41, 5.74) is 2.55. The number of ether oxygens (including phenoxy) is 1. The maximum absolute atomic E-state index is 5.88. The Kier molecular flexibility index (Phi) is 3.69. The molecule has 0 amide bonds. The van der Waals surface area contributed by atoms with Gasteiger partial charge < -0.3 is 15.0 Å². The first-order chi connectivity index (χ1) is 8.06. The van der Waals surface area contributed by atoms with E-state index >= 15 is 0 Å². The van der Waals surface area contributed by atoms with Crippen LogP contribution in [0.1, 0.15) is 26.3 Å². The molecular weight excluding hydrogens is 212 g/mol. The van der Waals surface area contributed by atoms with Gasteiger partial charge in [-0.3, -0.25) is 0 Å². The van der Waals surface area contributed by atoms with E-state index in [0.717, 1.165) is 19.6 Å². The van der Waals surface area contributed by atoms with Crippen molar-refractivity contribution < 1.29 is 4.74 Å². The third-order valence-electron chi connectivity index (χ3n) is 2.86. The number of rotatable bonds is 2. The zero-order chi connectivity index (χ0) is 12.3. The molecule has 1 aromatic rings. The molecule has 0 saturated carbocycles. The summed E-state index contributed by atoms with van der Waals surface area (Å²) in [6.45, 7) is 9.87. The van der Waals surface area contributed by atoms with E-state index in [4.69, 9.17) is 4.74 Å². The lowest BCUT2D eigenvalue weighted by Crippen LogP contribution is -2.34. The molecular formula is C14H22N2O. The second-order valence-corrected chi connectivity index (χ2v) is 5.45. The second kappa shape index (κ2) is 5.07. The molecule has 0 aliphatic carbocycles. The molecule has 0 aromatic heterocycles. The van der Waals surface area contributed by atoms with E-state index in [0.29, 0.717) is 6.73 Å². The van der Waals surface area contributed by atoms with Crippen molar-refractivity contribution in [3.8, 4) is 0 Å². The molecule has 1 heterocycles. The van der Waals surface area contributed by atoms with E-state index in [9.17, 15) is 0 Å². The van der Waals surface area contributed by atoms with Crippen LogP contribution in [-0.4, -0.2) is 25.4 Å². The number of para-hydroxylation sites is 1. The molecule has 17 heavy (non-hydrogen) atoms. The number of anilines is 1. The van der Waals surface area contributed by atoms with E-state index in [1.54, 1.807) is 0 Å². The fourth-order valence-electron chi connectivity index (χ4n) is 1.93. The van der Waals surface area contributed by atoms with Gasteiger partial charge >= 0.3 is 0 Å². The molecule has 0 spiro atoms. The molecule has 1 aliphatic rings. The van der Waals surface area contributed by atoms with Gasteiger partial charge in [0, 0.05) is 25.3 Å². The highest BCUT2D eigenvalue weighted by atomic mass is 16.5. The van der Waals surface area contributed by atoms with Gasteiger partial charge in [-0.05, 0) is 32.4 Å². The quantitative estimate of drug-likeness (QED) is 0.850. The summed E-state index contributed by atoms with van der Waals surface area (Å²) in [4.78, 5) is 2.31. The van der Waals surface area contributed by atoms with Gasteiger partial charge in [-0.15, -0.1) is 0 Å². The van der Waals surface area contributed by atoms with Gasteiger partial charge in [0.1, 0.15) is 6.73 Å². The third-order valence-corrected chi connectivity index (χ3v) is 2.86. The van der Waals surface area contributed by atoms with E-state index in [1.807, 2.05) is 0 Å². The molecule has 3 heteroatoms. The van der Waals surface area contributed by atoms with Crippen molar-refractivity contribution in [1.82, 2.24) is 5.32 Å². The van der Waals surface area contributed by atoms with Crippen LogP contribution in [0.2, 0.25) is 0 Å². The highest BCUT2D eigenvalue weighted by molar-refractivity contribution is 5.54. The molecule has 0 saturated heterocycles. The Morgan fingerprint density at radius 3 is 2.82 bits per heavy atom. The number of nitrogens with zero attached hydrogens (tertiary/aromatic N) is 1. The topological polar surface area (TPSA) is 24.5 Å². The molecule has 1 aliphatic heterocycles. The standard InChI is InChI=1S/C14H22N2O/c1-14(2,3)17-11-16-9-8-15-10-12-6-4-5-7-13(12)16/h4-7,15H,8-11H2,1-3H3. The van der Waals surface area contributed by atoms with Gasteiger partial charge in [0.25, 0.3) is 0 Å². The average Bonchev–Trinajstić information content (AvgIpc) is 2.47. The molecule has 1 N–H and O–H groups in total. The summed E-state index contributed by atoms with van der Waals surface area (Å²) < 4.78 is 5.88. The molecule has 0 bridgehead atoms. The monoisotopic (exact) mass is 234 g/mol. The number of benzene rings is 1. The van der Waals surface area contributed by atoms with Crippen LogP contribution >= 0.6 is 0 Å². The lowest BCUT2D eigenvalue weighted by molar-refractivity contribution is -0.00213. The normalized spacial score (nSPS) is 16.5. The van der Waals surface area contributed by atoms with Crippen LogP contribution < -0.4 is 10.2 Å². The molecule has 1 aromatic carbocycles. The van der Waals surface area contributed by atoms with Crippen LogP contribution in [0.4, 0.5) is 5.69 Å². The zero-order valence-electron chi connectivity index (χ0n) is 11.0. The van der Waals surface area contributed by atoms with Crippen molar-refractivity contribution in [2.45, 2.75) is 32.9 Å². The summed E-state index contributed by atoms with van der Waals surface area (Å²) in [6, 6.07) is 8.54. The van der Waals surface area contributed by atoms with Crippen LogP contribution in [-0.2, 0) is 11.3 Å². The zero-order valence-corrected chi connectivity index (χ0v) is 11.0. The molecule has 94 valence electrons. The Bertz CT molecular complexity index is 371. The first-order valence-electron chi connectivity index (χ1n) is 6.24. The Balaban J connectivity index is 2.12. The maximum atomic E-state index is 5.88. The maximum Gasteiger partial charge on any atom is 0.119 e. The lowest BCUT2D eigenvalue weighted by atomic mass is 10.1. The van der Waals surface area contributed by atoms with Gasteiger partial charge in [-0.25, -0.2) is 0 Å². The van der Waals surface area contributed by atoms with Crippen LogP contribution in [0.25, 0.3) is 0 Å². The van der Waals surface area contributed by atoms with Crippen LogP contribution in [0.3, 0.4) is 0 Å². The predicted molar refractivity (Wildman–Crippen MR) is 71.2 cm³/mol. The van der Waals surface area contributed by atoms with Gasteiger partial charge in [-0.2, -0.15) is 0 Å². The first kappa shape index (κ1) is 12.4. The second-order valence-electron chi connectivity index (χ2n) is 5.45. The van der Waals surface area contributed by atoms with E-state index in [1.165, 1.54) is 11.3 Å². The minimum atomic E-state index is -0.0886. The minimum absolute atomic E-state index is 0.0886.